The second kappa shape index (κ2) is 6.19. The molecule has 0 radical (unpaired) electrons. The maximum Gasteiger partial charge on any atom is 0.159 e. The first-order chi connectivity index (χ1) is 9.51. The topological polar surface area (TPSA) is 21.3 Å². The van der Waals surface area contributed by atoms with Gasteiger partial charge in [0.25, 0.3) is 0 Å². The van der Waals surface area contributed by atoms with E-state index in [1.807, 2.05) is 6.92 Å². The Balaban J connectivity index is 1.93. The fourth-order valence-electron chi connectivity index (χ4n) is 2.96. The maximum absolute atomic E-state index is 13.2. The Labute approximate surface area is 119 Å². The molecule has 0 bridgehead atoms. The van der Waals surface area contributed by atoms with E-state index < -0.39 is 11.6 Å². The van der Waals surface area contributed by atoms with Crippen molar-refractivity contribution in [1.29, 1.82) is 0 Å². The SMILES string of the molecule is CCOC1CC(NCc2ccc(F)c(F)c2)C1(C)CC. The highest BCUT2D eigenvalue weighted by Gasteiger charge is 2.50. The Hall–Kier alpha value is -1.00. The average Bonchev–Trinajstić information content (AvgIpc) is 2.44. The van der Waals surface area contributed by atoms with Crippen molar-refractivity contribution >= 4 is 0 Å². The van der Waals surface area contributed by atoms with E-state index in [4.69, 9.17) is 4.74 Å². The van der Waals surface area contributed by atoms with Crippen LogP contribution in [0.4, 0.5) is 8.78 Å². The van der Waals surface area contributed by atoms with E-state index in [0.29, 0.717) is 18.7 Å². The van der Waals surface area contributed by atoms with Crippen LogP contribution in [0.5, 0.6) is 0 Å². The Morgan fingerprint density at radius 2 is 2.05 bits per heavy atom. The number of nitrogens with one attached hydrogen (secondary N) is 1. The van der Waals surface area contributed by atoms with Gasteiger partial charge in [0.2, 0.25) is 0 Å². The summed E-state index contributed by atoms with van der Waals surface area (Å²) in [6.45, 7) is 7.68. The third-order valence-corrected chi connectivity index (χ3v) is 4.65. The van der Waals surface area contributed by atoms with Gasteiger partial charge in [-0.2, -0.15) is 0 Å². The minimum absolute atomic E-state index is 0.120. The van der Waals surface area contributed by atoms with E-state index in [0.717, 1.165) is 25.0 Å². The molecule has 0 heterocycles. The van der Waals surface area contributed by atoms with Crippen LogP contribution in [0, 0.1) is 17.0 Å². The molecule has 3 atom stereocenters. The Bertz CT molecular complexity index is 466. The molecule has 1 fully saturated rings. The van der Waals surface area contributed by atoms with Crippen LogP contribution < -0.4 is 5.32 Å². The average molecular weight is 283 g/mol. The fraction of sp³-hybridized carbons (Fsp3) is 0.625. The number of benzene rings is 1. The van der Waals surface area contributed by atoms with E-state index in [1.54, 1.807) is 6.07 Å². The van der Waals surface area contributed by atoms with Gasteiger partial charge >= 0.3 is 0 Å². The van der Waals surface area contributed by atoms with Crippen molar-refractivity contribution in [2.45, 2.75) is 52.3 Å². The van der Waals surface area contributed by atoms with E-state index >= 15 is 0 Å². The lowest BCUT2D eigenvalue weighted by atomic mass is 9.61. The van der Waals surface area contributed by atoms with Crippen LogP contribution in [0.3, 0.4) is 0 Å². The summed E-state index contributed by atoms with van der Waals surface area (Å²) in [5.74, 6) is -1.59. The summed E-state index contributed by atoms with van der Waals surface area (Å²) in [5.41, 5.74) is 0.886. The van der Waals surface area contributed by atoms with Gasteiger partial charge in [-0.3, -0.25) is 0 Å². The highest BCUT2D eigenvalue weighted by molar-refractivity contribution is 5.18. The predicted molar refractivity (Wildman–Crippen MR) is 75.4 cm³/mol. The van der Waals surface area contributed by atoms with Gasteiger partial charge in [-0.1, -0.05) is 19.9 Å². The zero-order valence-electron chi connectivity index (χ0n) is 12.4. The van der Waals surface area contributed by atoms with Crippen molar-refractivity contribution in [3.8, 4) is 0 Å². The molecule has 20 heavy (non-hydrogen) atoms. The molecular weight excluding hydrogens is 260 g/mol. The molecule has 2 rings (SSSR count). The van der Waals surface area contributed by atoms with Gasteiger partial charge in [0.1, 0.15) is 0 Å². The largest absolute Gasteiger partial charge is 0.378 e. The van der Waals surface area contributed by atoms with Crippen molar-refractivity contribution in [3.05, 3.63) is 35.4 Å². The monoisotopic (exact) mass is 283 g/mol. The number of halogens is 2. The molecule has 0 amide bonds. The van der Waals surface area contributed by atoms with E-state index in [1.165, 1.54) is 12.1 Å². The molecule has 1 aliphatic rings. The van der Waals surface area contributed by atoms with Crippen LogP contribution in [0.1, 0.15) is 39.2 Å². The van der Waals surface area contributed by atoms with E-state index in [2.05, 4.69) is 19.2 Å². The van der Waals surface area contributed by atoms with Crippen molar-refractivity contribution in [2.75, 3.05) is 6.61 Å². The first-order valence-electron chi connectivity index (χ1n) is 7.30. The standard InChI is InChI=1S/C16H23F2NO/c1-4-16(3)14(9-15(16)20-5-2)19-10-11-6-7-12(17)13(18)8-11/h6-8,14-15,19H,4-5,9-10H2,1-3H3. The summed E-state index contributed by atoms with van der Waals surface area (Å²) in [5, 5.41) is 3.44. The Morgan fingerprint density at radius 3 is 2.65 bits per heavy atom. The molecule has 112 valence electrons. The zero-order chi connectivity index (χ0) is 14.8. The molecule has 1 aromatic carbocycles. The van der Waals surface area contributed by atoms with Gasteiger partial charge in [0.05, 0.1) is 6.10 Å². The highest BCUT2D eigenvalue weighted by Crippen LogP contribution is 2.45. The molecule has 2 nitrogen and oxygen atoms in total. The normalized spacial score (nSPS) is 29.2. The molecule has 0 saturated heterocycles. The van der Waals surface area contributed by atoms with Crippen LogP contribution >= 0.6 is 0 Å². The Morgan fingerprint density at radius 1 is 1.30 bits per heavy atom. The summed E-state index contributed by atoms with van der Waals surface area (Å²) in [4.78, 5) is 0. The number of rotatable bonds is 6. The van der Waals surface area contributed by atoms with Gasteiger partial charge in [0.15, 0.2) is 11.6 Å². The molecule has 1 aromatic rings. The minimum atomic E-state index is -0.799. The first kappa shape index (κ1) is 15.4. The molecule has 0 spiro atoms. The van der Waals surface area contributed by atoms with Gasteiger partial charge in [-0.25, -0.2) is 8.78 Å². The van der Waals surface area contributed by atoms with Gasteiger partial charge in [-0.05, 0) is 37.5 Å². The second-order valence-corrected chi connectivity index (χ2v) is 5.72. The maximum atomic E-state index is 13.2. The van der Waals surface area contributed by atoms with Crippen LogP contribution in [0.25, 0.3) is 0 Å². The predicted octanol–water partition coefficient (Wildman–Crippen LogP) is 3.65. The smallest absolute Gasteiger partial charge is 0.159 e. The lowest BCUT2D eigenvalue weighted by Crippen LogP contribution is -2.61. The van der Waals surface area contributed by atoms with Crippen LogP contribution in [0.2, 0.25) is 0 Å². The molecule has 3 unspecified atom stereocenters. The minimum Gasteiger partial charge on any atom is -0.378 e. The lowest BCUT2D eigenvalue weighted by Gasteiger charge is -2.53. The summed E-state index contributed by atoms with van der Waals surface area (Å²) in [6, 6.07) is 4.41. The van der Waals surface area contributed by atoms with Crippen molar-refractivity contribution in [3.63, 3.8) is 0 Å². The van der Waals surface area contributed by atoms with Gasteiger partial charge in [0, 0.05) is 24.6 Å². The van der Waals surface area contributed by atoms with Crippen LogP contribution in [0.15, 0.2) is 18.2 Å². The van der Waals surface area contributed by atoms with Crippen LogP contribution in [-0.2, 0) is 11.3 Å². The Kier molecular flexibility index (Phi) is 4.76. The highest BCUT2D eigenvalue weighted by atomic mass is 19.2. The lowest BCUT2D eigenvalue weighted by molar-refractivity contribution is -0.126. The summed E-state index contributed by atoms with van der Waals surface area (Å²) >= 11 is 0. The number of hydrogen-bond acceptors (Lipinski definition) is 2. The van der Waals surface area contributed by atoms with E-state index in [9.17, 15) is 8.78 Å². The van der Waals surface area contributed by atoms with Crippen molar-refractivity contribution < 1.29 is 13.5 Å². The summed E-state index contributed by atoms with van der Waals surface area (Å²) < 4.78 is 31.8. The summed E-state index contributed by atoms with van der Waals surface area (Å²) in [7, 11) is 0. The molecule has 0 aromatic heterocycles. The number of hydrogen-bond donors (Lipinski definition) is 1. The van der Waals surface area contributed by atoms with Gasteiger partial charge < -0.3 is 10.1 Å². The molecule has 1 N–H and O–H groups in total. The fourth-order valence-corrected chi connectivity index (χ4v) is 2.96. The second-order valence-electron chi connectivity index (χ2n) is 5.72. The molecule has 0 aliphatic heterocycles. The van der Waals surface area contributed by atoms with E-state index in [-0.39, 0.29) is 5.41 Å². The molecule has 1 aliphatic carbocycles. The molecular formula is C16H23F2NO. The first-order valence-corrected chi connectivity index (χ1v) is 7.30. The molecule has 4 heteroatoms. The third-order valence-electron chi connectivity index (χ3n) is 4.65. The quantitative estimate of drug-likeness (QED) is 0.860. The summed E-state index contributed by atoms with van der Waals surface area (Å²) in [6.07, 6.45) is 2.30. The van der Waals surface area contributed by atoms with Crippen LogP contribution in [-0.4, -0.2) is 18.8 Å². The number of ether oxygens (including phenoxy) is 1. The van der Waals surface area contributed by atoms with Crippen molar-refractivity contribution in [1.82, 2.24) is 5.32 Å². The zero-order valence-corrected chi connectivity index (χ0v) is 12.4. The van der Waals surface area contributed by atoms with Crippen molar-refractivity contribution in [2.24, 2.45) is 5.41 Å². The molecule has 1 saturated carbocycles. The third kappa shape index (κ3) is 2.86. The van der Waals surface area contributed by atoms with Gasteiger partial charge in [-0.15, -0.1) is 0 Å².